The second kappa shape index (κ2) is 9.10. The van der Waals surface area contributed by atoms with Crippen molar-refractivity contribution in [3.63, 3.8) is 0 Å². The Morgan fingerprint density at radius 3 is 2.79 bits per heavy atom. The van der Waals surface area contributed by atoms with Gasteiger partial charge in [-0.25, -0.2) is 9.97 Å². The van der Waals surface area contributed by atoms with Crippen LogP contribution in [0.2, 0.25) is 0 Å². The summed E-state index contributed by atoms with van der Waals surface area (Å²) in [5.41, 5.74) is 2.91. The number of hydrogen-bond acceptors (Lipinski definition) is 7. The maximum Gasteiger partial charge on any atom is 0.180 e. The smallest absolute Gasteiger partial charge is 0.180 e. The Bertz CT molecular complexity index is 838. The first kappa shape index (κ1) is 20.2. The van der Waals surface area contributed by atoms with Gasteiger partial charge in [-0.2, -0.15) is 0 Å². The summed E-state index contributed by atoms with van der Waals surface area (Å²) >= 11 is 0. The van der Waals surface area contributed by atoms with Crippen LogP contribution in [0.4, 0.5) is 5.82 Å². The van der Waals surface area contributed by atoms with Crippen LogP contribution in [0.5, 0.6) is 5.75 Å². The number of aryl methyl sites for hydroxylation is 1. The number of carbonyl (C=O) groups excluding carboxylic acids is 1. The van der Waals surface area contributed by atoms with Gasteiger partial charge in [0.2, 0.25) is 0 Å². The molecule has 28 heavy (non-hydrogen) atoms. The van der Waals surface area contributed by atoms with Gasteiger partial charge in [-0.3, -0.25) is 9.78 Å². The average Bonchev–Trinajstić information content (AvgIpc) is 3.15. The van der Waals surface area contributed by atoms with E-state index in [0.29, 0.717) is 24.5 Å². The van der Waals surface area contributed by atoms with Gasteiger partial charge < -0.3 is 14.5 Å². The molecule has 1 aliphatic carbocycles. The summed E-state index contributed by atoms with van der Waals surface area (Å²) in [5.74, 6) is 2.39. The van der Waals surface area contributed by atoms with Gasteiger partial charge in [0.25, 0.3) is 0 Å². The molecule has 2 heterocycles. The van der Waals surface area contributed by atoms with Crippen molar-refractivity contribution in [2.75, 3.05) is 46.2 Å². The van der Waals surface area contributed by atoms with E-state index in [1.807, 2.05) is 32.1 Å². The fourth-order valence-corrected chi connectivity index (χ4v) is 3.51. The number of fused-ring (bicyclic) bond motifs is 1. The van der Waals surface area contributed by atoms with Crippen molar-refractivity contribution >= 4 is 11.6 Å². The molecule has 0 unspecified atom stereocenters. The van der Waals surface area contributed by atoms with Crippen LogP contribution in [0.25, 0.3) is 11.5 Å². The maximum absolute atomic E-state index is 12.4. The Morgan fingerprint density at radius 1 is 1.21 bits per heavy atom. The van der Waals surface area contributed by atoms with E-state index in [1.165, 1.54) is 0 Å². The van der Waals surface area contributed by atoms with Crippen LogP contribution in [0, 0.1) is 0 Å². The van der Waals surface area contributed by atoms with E-state index in [-0.39, 0.29) is 5.78 Å². The zero-order chi connectivity index (χ0) is 20.1. The van der Waals surface area contributed by atoms with Crippen LogP contribution in [0.15, 0.2) is 18.3 Å². The molecule has 0 saturated carbocycles. The predicted octanol–water partition coefficient (Wildman–Crippen LogP) is 2.38. The summed E-state index contributed by atoms with van der Waals surface area (Å²) in [4.78, 5) is 30.4. The molecule has 0 amide bonds. The van der Waals surface area contributed by atoms with Crippen molar-refractivity contribution in [1.29, 1.82) is 0 Å². The quantitative estimate of drug-likeness (QED) is 0.658. The van der Waals surface area contributed by atoms with Gasteiger partial charge in [-0.15, -0.1) is 0 Å². The molecule has 0 aliphatic heterocycles. The fourth-order valence-electron chi connectivity index (χ4n) is 3.51. The number of ether oxygens (including phenoxy) is 1. The molecule has 2 aromatic heterocycles. The molecule has 2 aromatic rings. The van der Waals surface area contributed by atoms with Gasteiger partial charge in [-0.1, -0.05) is 0 Å². The Morgan fingerprint density at radius 2 is 2.04 bits per heavy atom. The van der Waals surface area contributed by atoms with E-state index in [4.69, 9.17) is 14.7 Å². The van der Waals surface area contributed by atoms with Crippen LogP contribution in [0.1, 0.15) is 30.5 Å². The Kier molecular flexibility index (Phi) is 6.57. The number of rotatable bonds is 9. The summed E-state index contributed by atoms with van der Waals surface area (Å²) in [6.45, 7) is 1.28. The molecule has 150 valence electrons. The van der Waals surface area contributed by atoms with Gasteiger partial charge in [0.15, 0.2) is 11.6 Å². The zero-order valence-corrected chi connectivity index (χ0v) is 17.2. The number of aromatic nitrogens is 3. The van der Waals surface area contributed by atoms with Gasteiger partial charge in [0.05, 0.1) is 13.7 Å². The Hall–Kier alpha value is -2.54. The van der Waals surface area contributed by atoms with E-state index in [9.17, 15) is 4.79 Å². The van der Waals surface area contributed by atoms with Crippen molar-refractivity contribution in [2.45, 2.75) is 32.1 Å². The minimum Gasteiger partial charge on any atom is -0.497 e. The molecule has 7 heteroatoms. The average molecular weight is 383 g/mol. The summed E-state index contributed by atoms with van der Waals surface area (Å²) < 4.78 is 5.30. The van der Waals surface area contributed by atoms with Crippen LogP contribution >= 0.6 is 0 Å². The highest BCUT2D eigenvalue weighted by atomic mass is 16.5. The summed E-state index contributed by atoms with van der Waals surface area (Å²) in [5, 5.41) is 0. The molecule has 0 spiro atoms. The Labute approximate surface area is 166 Å². The van der Waals surface area contributed by atoms with Crippen LogP contribution in [0.3, 0.4) is 0 Å². The lowest BCUT2D eigenvalue weighted by Crippen LogP contribution is -2.28. The molecule has 0 saturated heterocycles. The highest BCUT2D eigenvalue weighted by Crippen LogP contribution is 2.31. The molecule has 0 atom stereocenters. The molecular weight excluding hydrogens is 354 g/mol. The second-order valence-electron chi connectivity index (χ2n) is 7.53. The lowest BCUT2D eigenvalue weighted by atomic mass is 10.2. The van der Waals surface area contributed by atoms with Crippen molar-refractivity contribution in [3.8, 4) is 17.3 Å². The largest absolute Gasteiger partial charge is 0.497 e. The van der Waals surface area contributed by atoms with Crippen molar-refractivity contribution in [1.82, 2.24) is 19.9 Å². The maximum atomic E-state index is 12.4. The van der Waals surface area contributed by atoms with Gasteiger partial charge >= 0.3 is 0 Å². The number of pyridine rings is 1. The Balaban J connectivity index is 1.82. The molecule has 0 fully saturated rings. The predicted molar refractivity (Wildman–Crippen MR) is 110 cm³/mol. The molecule has 1 aliphatic rings. The SMILES string of the molecule is COc1ccnc(-c2nc3c(c(N(C)CC(=O)CCCN(C)C)n2)CCC3)c1. The number of ketones is 1. The second-order valence-corrected chi connectivity index (χ2v) is 7.53. The van der Waals surface area contributed by atoms with Gasteiger partial charge in [0, 0.05) is 37.0 Å². The van der Waals surface area contributed by atoms with Gasteiger partial charge in [-0.05, 0) is 52.4 Å². The number of carbonyl (C=O) groups is 1. The third-order valence-electron chi connectivity index (χ3n) is 4.94. The first-order valence-electron chi connectivity index (χ1n) is 9.75. The van der Waals surface area contributed by atoms with E-state index in [0.717, 1.165) is 55.1 Å². The standard InChI is InChI=1S/C21H29N5O2/c1-25(2)12-6-7-15(27)14-26(3)21-17-8-5-9-18(17)23-20(24-21)19-13-16(28-4)10-11-22-19/h10-11,13H,5-9,12,14H2,1-4H3. The first-order valence-corrected chi connectivity index (χ1v) is 9.75. The topological polar surface area (TPSA) is 71.5 Å². The number of nitrogens with zero attached hydrogens (tertiary/aromatic N) is 5. The molecule has 0 aromatic carbocycles. The van der Waals surface area contributed by atoms with E-state index in [1.54, 1.807) is 19.4 Å². The molecule has 7 nitrogen and oxygen atoms in total. The van der Waals surface area contributed by atoms with Crippen molar-refractivity contribution in [3.05, 3.63) is 29.6 Å². The molecule has 3 rings (SSSR count). The lowest BCUT2D eigenvalue weighted by molar-refractivity contribution is -0.117. The molecule has 0 N–H and O–H groups in total. The third kappa shape index (κ3) is 4.84. The minimum atomic E-state index is 0.232. The number of likely N-dealkylation sites (N-methyl/N-ethyl adjacent to an activating group) is 1. The first-order chi connectivity index (χ1) is 13.5. The summed E-state index contributed by atoms with van der Waals surface area (Å²) in [6, 6.07) is 3.64. The zero-order valence-electron chi connectivity index (χ0n) is 17.2. The van der Waals surface area contributed by atoms with Crippen LogP contribution in [-0.4, -0.2) is 67.0 Å². The summed E-state index contributed by atoms with van der Waals surface area (Å²) in [6.07, 6.45) is 6.11. The van der Waals surface area contributed by atoms with Crippen molar-refractivity contribution in [2.24, 2.45) is 0 Å². The number of methoxy groups -OCH3 is 1. The number of Topliss-reactive ketones (excluding diaryl/α,β-unsaturated/α-hetero) is 1. The highest BCUT2D eigenvalue weighted by Gasteiger charge is 2.23. The van der Waals surface area contributed by atoms with Crippen LogP contribution < -0.4 is 9.64 Å². The fraction of sp³-hybridized carbons (Fsp3) is 0.524. The summed E-state index contributed by atoms with van der Waals surface area (Å²) in [7, 11) is 7.61. The molecular formula is C21H29N5O2. The normalized spacial score (nSPS) is 12.9. The molecule has 0 bridgehead atoms. The molecule has 0 radical (unpaired) electrons. The number of hydrogen-bond donors (Lipinski definition) is 0. The van der Waals surface area contributed by atoms with E-state index in [2.05, 4.69) is 9.88 Å². The monoisotopic (exact) mass is 383 g/mol. The van der Waals surface area contributed by atoms with Crippen molar-refractivity contribution < 1.29 is 9.53 Å². The third-order valence-corrected chi connectivity index (χ3v) is 4.94. The van der Waals surface area contributed by atoms with Crippen LogP contribution in [-0.2, 0) is 17.6 Å². The highest BCUT2D eigenvalue weighted by molar-refractivity contribution is 5.83. The van der Waals surface area contributed by atoms with E-state index < -0.39 is 0 Å². The minimum absolute atomic E-state index is 0.232. The lowest BCUT2D eigenvalue weighted by Gasteiger charge is -2.21. The van der Waals surface area contributed by atoms with Gasteiger partial charge in [0.1, 0.15) is 17.3 Å². The van der Waals surface area contributed by atoms with E-state index >= 15 is 0 Å². The number of anilines is 1.